The summed E-state index contributed by atoms with van der Waals surface area (Å²) in [6.07, 6.45) is 2.83. The monoisotopic (exact) mass is 406 g/mol. The van der Waals surface area contributed by atoms with Crippen molar-refractivity contribution in [3.05, 3.63) is 78.3 Å². The van der Waals surface area contributed by atoms with Gasteiger partial charge >= 0.3 is 0 Å². The second-order valence-corrected chi connectivity index (χ2v) is 8.12. The van der Waals surface area contributed by atoms with Gasteiger partial charge in [0.05, 0.1) is 17.2 Å². The quantitative estimate of drug-likeness (QED) is 0.644. The minimum atomic E-state index is -0.223. The lowest BCUT2D eigenvalue weighted by atomic mass is 10.1. The predicted octanol–water partition coefficient (Wildman–Crippen LogP) is 5.05. The molecule has 3 aromatic rings. The zero-order valence-corrected chi connectivity index (χ0v) is 16.9. The molecule has 5 nitrogen and oxygen atoms in total. The van der Waals surface area contributed by atoms with Crippen molar-refractivity contribution in [2.45, 2.75) is 29.9 Å². The number of nitrogens with zero attached hydrogens (tertiary/aromatic N) is 1. The number of amides is 2. The van der Waals surface area contributed by atoms with Gasteiger partial charge in [0.1, 0.15) is 12.3 Å². The fourth-order valence-electron chi connectivity index (χ4n) is 3.35. The van der Waals surface area contributed by atoms with E-state index in [9.17, 15) is 9.59 Å². The molecular formula is C23H22N2O3S. The third-order valence-corrected chi connectivity index (χ3v) is 6.18. The van der Waals surface area contributed by atoms with E-state index in [4.69, 9.17) is 4.42 Å². The van der Waals surface area contributed by atoms with E-state index in [1.807, 2.05) is 60.7 Å². The van der Waals surface area contributed by atoms with E-state index < -0.39 is 0 Å². The number of fused-ring (bicyclic) bond motifs is 1. The van der Waals surface area contributed by atoms with Crippen LogP contribution in [0.5, 0.6) is 0 Å². The Labute approximate surface area is 174 Å². The van der Waals surface area contributed by atoms with E-state index >= 15 is 0 Å². The predicted molar refractivity (Wildman–Crippen MR) is 115 cm³/mol. The number of thioether (sulfide) groups is 1. The van der Waals surface area contributed by atoms with Crippen LogP contribution in [-0.4, -0.2) is 18.4 Å². The summed E-state index contributed by atoms with van der Waals surface area (Å²) in [4.78, 5) is 28.3. The zero-order chi connectivity index (χ0) is 20.2. The van der Waals surface area contributed by atoms with E-state index in [2.05, 4.69) is 12.2 Å². The van der Waals surface area contributed by atoms with Crippen LogP contribution in [0.15, 0.2) is 76.2 Å². The van der Waals surface area contributed by atoms with Crippen LogP contribution in [0, 0.1) is 0 Å². The number of anilines is 2. The molecule has 1 aliphatic rings. The Morgan fingerprint density at radius 2 is 1.93 bits per heavy atom. The highest BCUT2D eigenvalue weighted by atomic mass is 32.2. The molecule has 0 saturated heterocycles. The van der Waals surface area contributed by atoms with Gasteiger partial charge in [-0.2, -0.15) is 0 Å². The van der Waals surface area contributed by atoms with Crippen LogP contribution in [0.1, 0.15) is 29.9 Å². The molecule has 2 aromatic carbocycles. The van der Waals surface area contributed by atoms with E-state index in [0.717, 1.165) is 28.5 Å². The second-order valence-electron chi connectivity index (χ2n) is 6.87. The van der Waals surface area contributed by atoms with Gasteiger partial charge < -0.3 is 14.6 Å². The highest BCUT2D eigenvalue weighted by Crippen LogP contribution is 2.45. The molecule has 148 valence electrons. The summed E-state index contributed by atoms with van der Waals surface area (Å²) in [6, 6.07) is 19.1. The molecule has 0 spiro atoms. The van der Waals surface area contributed by atoms with Gasteiger partial charge in [-0.1, -0.05) is 31.2 Å². The normalized spacial score (nSPS) is 16.2. The number of furan rings is 1. The molecule has 4 rings (SSSR count). The standard InChI is InChI=1S/C23H22N2O3S/c1-2-16-9-11-17(12-10-16)24-22(26)15-25-18-6-3-4-8-20(18)29-21(14-23(25)27)19-7-5-13-28-19/h3-13,21H,2,14-15H2,1H3,(H,24,26)/t21-/m0/s1. The maximum atomic E-state index is 13.0. The molecule has 1 aromatic heterocycles. The summed E-state index contributed by atoms with van der Waals surface area (Å²) in [5.74, 6) is 0.444. The smallest absolute Gasteiger partial charge is 0.244 e. The Bertz CT molecular complexity index is 999. The number of carbonyl (C=O) groups is 2. The van der Waals surface area contributed by atoms with Crippen molar-refractivity contribution in [2.24, 2.45) is 0 Å². The van der Waals surface area contributed by atoms with Crippen LogP contribution >= 0.6 is 11.8 Å². The third-order valence-electron chi connectivity index (χ3n) is 4.89. The highest BCUT2D eigenvalue weighted by Gasteiger charge is 2.31. The number of aryl methyl sites for hydroxylation is 1. The van der Waals surface area contributed by atoms with Gasteiger partial charge in [0.25, 0.3) is 0 Å². The number of nitrogens with one attached hydrogen (secondary N) is 1. The molecule has 0 saturated carbocycles. The van der Waals surface area contributed by atoms with Gasteiger partial charge in [-0.3, -0.25) is 9.59 Å². The SMILES string of the molecule is CCc1ccc(NC(=O)CN2C(=O)C[C@@H](c3ccco3)Sc3ccccc32)cc1. The van der Waals surface area contributed by atoms with Crippen LogP contribution < -0.4 is 10.2 Å². The first-order chi connectivity index (χ1) is 14.1. The summed E-state index contributed by atoms with van der Waals surface area (Å²) < 4.78 is 5.54. The lowest BCUT2D eigenvalue weighted by Crippen LogP contribution is -2.38. The number of benzene rings is 2. The minimum absolute atomic E-state index is 0.0309. The van der Waals surface area contributed by atoms with Crippen molar-refractivity contribution in [3.8, 4) is 0 Å². The number of para-hydroxylation sites is 1. The lowest BCUT2D eigenvalue weighted by Gasteiger charge is -2.22. The summed E-state index contributed by atoms with van der Waals surface area (Å²) in [6.45, 7) is 2.06. The van der Waals surface area contributed by atoms with E-state index in [-0.39, 0.29) is 30.0 Å². The van der Waals surface area contributed by atoms with E-state index in [1.165, 1.54) is 5.56 Å². The summed E-state index contributed by atoms with van der Waals surface area (Å²) >= 11 is 1.59. The van der Waals surface area contributed by atoms with Crippen LogP contribution in [0.2, 0.25) is 0 Å². The largest absolute Gasteiger partial charge is 0.468 e. The Morgan fingerprint density at radius 3 is 2.66 bits per heavy atom. The Balaban J connectivity index is 1.54. The molecule has 0 fully saturated rings. The van der Waals surface area contributed by atoms with Gasteiger partial charge in [0, 0.05) is 17.0 Å². The zero-order valence-electron chi connectivity index (χ0n) is 16.1. The van der Waals surface area contributed by atoms with Crippen LogP contribution in [0.3, 0.4) is 0 Å². The maximum Gasteiger partial charge on any atom is 0.244 e. The average molecular weight is 407 g/mol. The number of rotatable bonds is 5. The first kappa shape index (κ1) is 19.3. The van der Waals surface area contributed by atoms with Gasteiger partial charge in [-0.05, 0) is 48.4 Å². The highest BCUT2D eigenvalue weighted by molar-refractivity contribution is 7.99. The van der Waals surface area contributed by atoms with Crippen LogP contribution in [-0.2, 0) is 16.0 Å². The number of hydrogen-bond acceptors (Lipinski definition) is 4. The molecule has 0 aliphatic carbocycles. The molecule has 2 heterocycles. The Kier molecular flexibility index (Phi) is 5.71. The first-order valence-corrected chi connectivity index (χ1v) is 10.5. The van der Waals surface area contributed by atoms with Crippen LogP contribution in [0.25, 0.3) is 0 Å². The van der Waals surface area contributed by atoms with Crippen molar-refractivity contribution in [2.75, 3.05) is 16.8 Å². The number of hydrogen-bond donors (Lipinski definition) is 1. The van der Waals surface area contributed by atoms with E-state index in [1.54, 1.807) is 22.9 Å². The van der Waals surface area contributed by atoms with Crippen LogP contribution in [0.4, 0.5) is 11.4 Å². The van der Waals surface area contributed by atoms with Crippen molar-refractivity contribution < 1.29 is 14.0 Å². The molecule has 0 unspecified atom stereocenters. The average Bonchev–Trinajstić information content (AvgIpc) is 3.23. The first-order valence-electron chi connectivity index (χ1n) is 9.62. The lowest BCUT2D eigenvalue weighted by molar-refractivity contribution is -0.121. The number of carbonyl (C=O) groups excluding carboxylic acids is 2. The summed E-state index contributed by atoms with van der Waals surface area (Å²) in [5.41, 5.74) is 2.69. The molecule has 1 N–H and O–H groups in total. The van der Waals surface area contributed by atoms with Gasteiger partial charge in [0.15, 0.2) is 0 Å². The van der Waals surface area contributed by atoms with Crippen molar-refractivity contribution in [3.63, 3.8) is 0 Å². The van der Waals surface area contributed by atoms with E-state index in [0.29, 0.717) is 0 Å². The molecule has 0 bridgehead atoms. The Morgan fingerprint density at radius 1 is 1.14 bits per heavy atom. The maximum absolute atomic E-state index is 13.0. The molecule has 6 heteroatoms. The van der Waals surface area contributed by atoms with Crippen molar-refractivity contribution in [1.82, 2.24) is 0 Å². The molecule has 2 amide bonds. The summed E-state index contributed by atoms with van der Waals surface area (Å²) in [5, 5.41) is 2.78. The Hall–Kier alpha value is -2.99. The topological polar surface area (TPSA) is 62.6 Å². The van der Waals surface area contributed by atoms with Crippen molar-refractivity contribution in [1.29, 1.82) is 0 Å². The molecular weight excluding hydrogens is 384 g/mol. The third kappa shape index (κ3) is 4.38. The van der Waals surface area contributed by atoms with Gasteiger partial charge in [-0.15, -0.1) is 11.8 Å². The van der Waals surface area contributed by atoms with Gasteiger partial charge in [-0.25, -0.2) is 0 Å². The molecule has 1 atom stereocenters. The minimum Gasteiger partial charge on any atom is -0.468 e. The fourth-order valence-corrected chi connectivity index (χ4v) is 4.59. The van der Waals surface area contributed by atoms with Gasteiger partial charge in [0.2, 0.25) is 11.8 Å². The fraction of sp³-hybridized carbons (Fsp3) is 0.217. The van der Waals surface area contributed by atoms with Crippen molar-refractivity contribution >= 4 is 35.0 Å². The molecule has 0 radical (unpaired) electrons. The molecule has 1 aliphatic heterocycles. The molecule has 29 heavy (non-hydrogen) atoms. The summed E-state index contributed by atoms with van der Waals surface area (Å²) in [7, 11) is 0. The second kappa shape index (κ2) is 8.57.